The van der Waals surface area contributed by atoms with Gasteiger partial charge < -0.3 is 20.5 Å². The number of aliphatic hydroxyl groups excluding tert-OH is 1. The van der Waals surface area contributed by atoms with Gasteiger partial charge in [0.25, 0.3) is 0 Å². The van der Waals surface area contributed by atoms with Crippen LogP contribution in [-0.4, -0.2) is 37.0 Å². The quantitative estimate of drug-likeness (QED) is 0.721. The first-order valence-corrected chi connectivity index (χ1v) is 7.11. The average Bonchev–Trinajstić information content (AvgIpc) is 3.25. The molecule has 2 rings (SSSR count). The molecule has 1 saturated carbocycles. The van der Waals surface area contributed by atoms with Crippen LogP contribution in [0.4, 0.5) is 14.9 Å². The van der Waals surface area contributed by atoms with Crippen LogP contribution in [0.1, 0.15) is 18.4 Å². The van der Waals surface area contributed by atoms with E-state index in [-0.39, 0.29) is 19.0 Å². The Balaban J connectivity index is 1.64. The Bertz CT molecular complexity index is 492. The van der Waals surface area contributed by atoms with Gasteiger partial charge in [-0.3, -0.25) is 0 Å². The number of ether oxygens (including phenoxy) is 1. The molecule has 1 aliphatic carbocycles. The van der Waals surface area contributed by atoms with E-state index in [0.717, 1.165) is 0 Å². The van der Waals surface area contributed by atoms with Gasteiger partial charge in [0, 0.05) is 18.8 Å². The molecule has 0 bridgehead atoms. The predicted octanol–water partition coefficient (Wildman–Crippen LogP) is 2.04. The van der Waals surface area contributed by atoms with Crippen LogP contribution in [0.5, 0.6) is 0 Å². The smallest absolute Gasteiger partial charge is 0.319 e. The number of carbonyl (C=O) groups excluding carboxylic acids is 1. The van der Waals surface area contributed by atoms with E-state index in [9.17, 15) is 14.3 Å². The van der Waals surface area contributed by atoms with Gasteiger partial charge in [-0.05, 0) is 43.4 Å². The van der Waals surface area contributed by atoms with Gasteiger partial charge in [-0.15, -0.1) is 0 Å². The normalized spacial score (nSPS) is 15.6. The molecule has 21 heavy (non-hydrogen) atoms. The van der Waals surface area contributed by atoms with Crippen molar-refractivity contribution < 1.29 is 19.0 Å². The van der Waals surface area contributed by atoms with Crippen molar-refractivity contribution in [3.63, 3.8) is 0 Å². The number of hydrogen-bond donors (Lipinski definition) is 3. The summed E-state index contributed by atoms with van der Waals surface area (Å²) in [6.07, 6.45) is 1.65. The fraction of sp³-hybridized carbons (Fsp3) is 0.533. The molecule has 1 unspecified atom stereocenters. The van der Waals surface area contributed by atoms with E-state index >= 15 is 0 Å². The zero-order chi connectivity index (χ0) is 15.2. The molecule has 0 heterocycles. The first-order chi connectivity index (χ1) is 10.0. The lowest BCUT2D eigenvalue weighted by Gasteiger charge is -2.13. The maximum Gasteiger partial charge on any atom is 0.319 e. The molecule has 1 aromatic carbocycles. The third-order valence-corrected chi connectivity index (χ3v) is 3.29. The standard InChI is InChI=1S/C15H21FN2O3/c1-10-2-5-12(6-14(10)16)18-15(20)17-7-13(19)9-21-8-11-3-4-11/h2,5-6,11,13,19H,3-4,7-9H2,1H3,(H2,17,18,20). The predicted molar refractivity (Wildman–Crippen MR) is 77.7 cm³/mol. The van der Waals surface area contributed by atoms with E-state index in [0.29, 0.717) is 23.8 Å². The SMILES string of the molecule is Cc1ccc(NC(=O)NCC(O)COCC2CC2)cc1F. The summed E-state index contributed by atoms with van der Waals surface area (Å²) in [5.41, 5.74) is 0.888. The number of aliphatic hydroxyl groups is 1. The molecule has 6 heteroatoms. The molecule has 2 amide bonds. The number of aryl methyl sites for hydroxylation is 1. The van der Waals surface area contributed by atoms with Crippen molar-refractivity contribution in [2.24, 2.45) is 5.92 Å². The van der Waals surface area contributed by atoms with Gasteiger partial charge in [0.15, 0.2) is 0 Å². The summed E-state index contributed by atoms with van der Waals surface area (Å²) in [6, 6.07) is 3.97. The van der Waals surface area contributed by atoms with Gasteiger partial charge in [-0.1, -0.05) is 6.07 Å². The summed E-state index contributed by atoms with van der Waals surface area (Å²) in [5, 5.41) is 14.7. The molecule has 1 aliphatic rings. The van der Waals surface area contributed by atoms with E-state index in [4.69, 9.17) is 4.74 Å². The lowest BCUT2D eigenvalue weighted by molar-refractivity contribution is 0.0339. The molecule has 116 valence electrons. The van der Waals surface area contributed by atoms with E-state index in [1.807, 2.05) is 0 Å². The Kier molecular flexibility index (Phi) is 5.52. The second kappa shape index (κ2) is 7.38. The number of amides is 2. The van der Waals surface area contributed by atoms with Crippen LogP contribution in [0, 0.1) is 18.7 Å². The minimum absolute atomic E-state index is 0.0881. The first kappa shape index (κ1) is 15.7. The molecule has 0 aliphatic heterocycles. The van der Waals surface area contributed by atoms with Crippen LogP contribution in [0.25, 0.3) is 0 Å². The van der Waals surface area contributed by atoms with Crippen molar-refractivity contribution in [2.75, 3.05) is 25.1 Å². The van der Waals surface area contributed by atoms with Crippen molar-refractivity contribution in [2.45, 2.75) is 25.9 Å². The Morgan fingerprint density at radius 2 is 2.29 bits per heavy atom. The monoisotopic (exact) mass is 296 g/mol. The van der Waals surface area contributed by atoms with Crippen LogP contribution in [-0.2, 0) is 4.74 Å². The topological polar surface area (TPSA) is 70.6 Å². The van der Waals surface area contributed by atoms with Crippen LogP contribution in [0.3, 0.4) is 0 Å². The van der Waals surface area contributed by atoms with E-state index in [1.54, 1.807) is 19.1 Å². The number of carbonyl (C=O) groups is 1. The van der Waals surface area contributed by atoms with Crippen LogP contribution in [0.2, 0.25) is 0 Å². The summed E-state index contributed by atoms with van der Waals surface area (Å²) < 4.78 is 18.7. The molecule has 1 aromatic rings. The van der Waals surface area contributed by atoms with Gasteiger partial charge >= 0.3 is 6.03 Å². The molecule has 5 nitrogen and oxygen atoms in total. The maximum atomic E-state index is 13.3. The van der Waals surface area contributed by atoms with Gasteiger partial charge in [-0.2, -0.15) is 0 Å². The zero-order valence-corrected chi connectivity index (χ0v) is 12.1. The summed E-state index contributed by atoms with van der Waals surface area (Å²) in [7, 11) is 0. The second-order valence-corrected chi connectivity index (χ2v) is 5.43. The van der Waals surface area contributed by atoms with Gasteiger partial charge in [0.1, 0.15) is 5.82 Å². The van der Waals surface area contributed by atoms with E-state index in [1.165, 1.54) is 18.9 Å². The Morgan fingerprint density at radius 1 is 1.52 bits per heavy atom. The third kappa shape index (κ3) is 5.69. The van der Waals surface area contributed by atoms with Gasteiger partial charge in [0.05, 0.1) is 12.7 Å². The zero-order valence-electron chi connectivity index (χ0n) is 12.1. The summed E-state index contributed by atoms with van der Waals surface area (Å²) in [4.78, 5) is 11.6. The fourth-order valence-corrected chi connectivity index (χ4v) is 1.77. The van der Waals surface area contributed by atoms with Crippen molar-refractivity contribution in [1.82, 2.24) is 5.32 Å². The Morgan fingerprint density at radius 3 is 2.95 bits per heavy atom. The minimum Gasteiger partial charge on any atom is -0.389 e. The lowest BCUT2D eigenvalue weighted by Crippen LogP contribution is -2.37. The van der Waals surface area contributed by atoms with Gasteiger partial charge in [0.2, 0.25) is 0 Å². The first-order valence-electron chi connectivity index (χ1n) is 7.11. The van der Waals surface area contributed by atoms with Crippen LogP contribution < -0.4 is 10.6 Å². The molecule has 0 radical (unpaired) electrons. The molecule has 0 aromatic heterocycles. The van der Waals surface area contributed by atoms with E-state index in [2.05, 4.69) is 10.6 Å². The van der Waals surface area contributed by atoms with Crippen LogP contribution in [0.15, 0.2) is 18.2 Å². The van der Waals surface area contributed by atoms with Crippen molar-refractivity contribution >= 4 is 11.7 Å². The minimum atomic E-state index is -0.746. The highest BCUT2D eigenvalue weighted by molar-refractivity contribution is 5.89. The number of urea groups is 1. The maximum absolute atomic E-state index is 13.3. The number of nitrogens with one attached hydrogen (secondary N) is 2. The van der Waals surface area contributed by atoms with Gasteiger partial charge in [-0.25, -0.2) is 9.18 Å². The number of hydrogen-bond acceptors (Lipinski definition) is 3. The van der Waals surface area contributed by atoms with Crippen molar-refractivity contribution in [1.29, 1.82) is 0 Å². The Hall–Kier alpha value is -1.66. The molecular weight excluding hydrogens is 275 g/mol. The largest absolute Gasteiger partial charge is 0.389 e. The summed E-state index contributed by atoms with van der Waals surface area (Å²) >= 11 is 0. The molecule has 1 atom stereocenters. The Labute approximate surface area is 123 Å². The summed E-state index contributed by atoms with van der Waals surface area (Å²) in [5.74, 6) is 0.270. The second-order valence-electron chi connectivity index (χ2n) is 5.43. The highest BCUT2D eigenvalue weighted by Gasteiger charge is 2.21. The van der Waals surface area contributed by atoms with Crippen LogP contribution >= 0.6 is 0 Å². The highest BCUT2D eigenvalue weighted by atomic mass is 19.1. The number of rotatable bonds is 7. The molecular formula is C15H21FN2O3. The lowest BCUT2D eigenvalue weighted by atomic mass is 10.2. The average molecular weight is 296 g/mol. The highest BCUT2D eigenvalue weighted by Crippen LogP contribution is 2.28. The summed E-state index contributed by atoms with van der Waals surface area (Å²) in [6.45, 7) is 2.61. The van der Waals surface area contributed by atoms with Crippen molar-refractivity contribution in [3.05, 3.63) is 29.6 Å². The number of benzene rings is 1. The number of anilines is 1. The van der Waals surface area contributed by atoms with E-state index < -0.39 is 12.1 Å². The third-order valence-electron chi connectivity index (χ3n) is 3.29. The van der Waals surface area contributed by atoms with Crippen molar-refractivity contribution in [3.8, 4) is 0 Å². The molecule has 1 fully saturated rings. The number of halogens is 1. The molecule has 3 N–H and O–H groups in total. The fourth-order valence-electron chi connectivity index (χ4n) is 1.77. The molecule has 0 spiro atoms. The molecule has 0 saturated heterocycles.